The summed E-state index contributed by atoms with van der Waals surface area (Å²) in [5.41, 5.74) is 4.94. The first-order valence-electron chi connectivity index (χ1n) is 13.4. The Morgan fingerprint density at radius 1 is 1.08 bits per heavy atom. The van der Waals surface area contributed by atoms with E-state index in [0.29, 0.717) is 11.3 Å². The van der Waals surface area contributed by atoms with Crippen LogP contribution in [0.25, 0.3) is 22.2 Å². The number of aryl methyl sites for hydroxylation is 1. The van der Waals surface area contributed by atoms with Crippen LogP contribution in [0.2, 0.25) is 0 Å². The van der Waals surface area contributed by atoms with E-state index in [0.717, 1.165) is 60.8 Å². The van der Waals surface area contributed by atoms with Crippen molar-refractivity contribution in [2.45, 2.75) is 52.7 Å². The molecule has 37 heavy (non-hydrogen) atoms. The van der Waals surface area contributed by atoms with E-state index in [1.165, 1.54) is 25.1 Å². The number of fused-ring (bicyclic) bond motifs is 1. The average molecular weight is 500 g/mol. The van der Waals surface area contributed by atoms with E-state index in [2.05, 4.69) is 50.9 Å². The molecule has 3 aromatic rings. The lowest BCUT2D eigenvalue weighted by atomic mass is 10.1. The number of ether oxygens (including phenoxy) is 1. The van der Waals surface area contributed by atoms with Crippen LogP contribution in [0, 0.1) is 17.2 Å². The molecule has 194 valence electrons. The predicted molar refractivity (Wildman–Crippen MR) is 149 cm³/mol. The highest BCUT2D eigenvalue weighted by Gasteiger charge is 2.27. The Morgan fingerprint density at radius 2 is 1.78 bits per heavy atom. The van der Waals surface area contributed by atoms with Crippen molar-refractivity contribution in [1.29, 1.82) is 5.26 Å². The Kier molecular flexibility index (Phi) is 6.87. The third kappa shape index (κ3) is 5.60. The molecule has 1 aliphatic heterocycles. The molecule has 2 aromatic carbocycles. The third-order valence-corrected chi connectivity index (χ3v) is 7.23. The number of amides is 1. The molecule has 2 heterocycles. The predicted octanol–water partition coefficient (Wildman–Crippen LogP) is 6.08. The molecule has 0 radical (unpaired) electrons. The number of nitriles is 1. The molecule has 1 saturated heterocycles. The average Bonchev–Trinajstić information content (AvgIpc) is 3.62. The van der Waals surface area contributed by atoms with Gasteiger partial charge in [0.05, 0.1) is 16.8 Å². The Hall–Kier alpha value is -3.50. The van der Waals surface area contributed by atoms with E-state index in [1.807, 2.05) is 45.0 Å². The van der Waals surface area contributed by atoms with Crippen molar-refractivity contribution < 1.29 is 9.53 Å². The van der Waals surface area contributed by atoms with Gasteiger partial charge in [0.2, 0.25) is 0 Å². The van der Waals surface area contributed by atoms with Gasteiger partial charge in [-0.1, -0.05) is 12.1 Å². The second-order valence-corrected chi connectivity index (χ2v) is 11.2. The molecule has 1 saturated carbocycles. The van der Waals surface area contributed by atoms with Crippen LogP contribution in [0.4, 0.5) is 16.2 Å². The van der Waals surface area contributed by atoms with Gasteiger partial charge < -0.3 is 14.2 Å². The van der Waals surface area contributed by atoms with Crippen LogP contribution in [-0.2, 0) is 11.3 Å². The standard InChI is InChI=1S/C30H37N5O2/c1-5-35-27-18-24(34-16-14-33(15-17-34)20-21-6-7-21)12-13-25(27)26(19-31)28(35)22-8-10-23(11-9-22)32-29(36)37-30(2,3)4/h8-13,18,21H,5-7,14-17,20H2,1-4H3,(H,32,36). The first-order chi connectivity index (χ1) is 17.8. The lowest BCUT2D eigenvalue weighted by Crippen LogP contribution is -2.47. The van der Waals surface area contributed by atoms with Gasteiger partial charge in [-0.15, -0.1) is 0 Å². The maximum absolute atomic E-state index is 12.1. The van der Waals surface area contributed by atoms with Crippen LogP contribution in [0.15, 0.2) is 42.5 Å². The highest BCUT2D eigenvalue weighted by atomic mass is 16.6. The van der Waals surface area contributed by atoms with Crippen LogP contribution < -0.4 is 10.2 Å². The fourth-order valence-electron chi connectivity index (χ4n) is 5.26. The largest absolute Gasteiger partial charge is 0.444 e. The molecule has 7 heteroatoms. The molecule has 0 spiro atoms. The van der Waals surface area contributed by atoms with Crippen molar-refractivity contribution in [3.63, 3.8) is 0 Å². The van der Waals surface area contributed by atoms with Gasteiger partial charge in [-0.05, 0) is 82.3 Å². The molecule has 5 rings (SSSR count). The van der Waals surface area contributed by atoms with Crippen LogP contribution in [0.5, 0.6) is 0 Å². The first kappa shape index (κ1) is 25.2. The van der Waals surface area contributed by atoms with E-state index in [-0.39, 0.29) is 0 Å². The molecule has 1 N–H and O–H groups in total. The minimum absolute atomic E-state index is 0.485. The summed E-state index contributed by atoms with van der Waals surface area (Å²) >= 11 is 0. The summed E-state index contributed by atoms with van der Waals surface area (Å²) < 4.78 is 7.59. The summed E-state index contributed by atoms with van der Waals surface area (Å²) in [6.07, 6.45) is 2.32. The Morgan fingerprint density at radius 3 is 2.38 bits per heavy atom. The highest BCUT2D eigenvalue weighted by Crippen LogP contribution is 2.36. The number of nitrogens with one attached hydrogen (secondary N) is 1. The Labute approximate surface area is 219 Å². The minimum Gasteiger partial charge on any atom is -0.444 e. The maximum Gasteiger partial charge on any atom is 0.412 e. The van der Waals surface area contributed by atoms with Crippen molar-refractivity contribution in [2.24, 2.45) is 5.92 Å². The SMILES string of the molecule is CCn1c(-c2ccc(NC(=O)OC(C)(C)C)cc2)c(C#N)c2ccc(N3CCN(CC4CC4)CC3)cc21. The number of hydrogen-bond donors (Lipinski definition) is 1. The van der Waals surface area contributed by atoms with Crippen molar-refractivity contribution in [3.05, 3.63) is 48.0 Å². The van der Waals surface area contributed by atoms with Crippen LogP contribution in [-0.4, -0.2) is 53.9 Å². The molecule has 2 fully saturated rings. The molecule has 1 aliphatic carbocycles. The zero-order valence-electron chi connectivity index (χ0n) is 22.4. The molecule has 0 bridgehead atoms. The summed E-state index contributed by atoms with van der Waals surface area (Å²) in [7, 11) is 0. The lowest BCUT2D eigenvalue weighted by molar-refractivity contribution is 0.0636. The molecule has 1 amide bonds. The number of aromatic nitrogens is 1. The van der Waals surface area contributed by atoms with Gasteiger partial charge in [-0.2, -0.15) is 5.26 Å². The summed E-state index contributed by atoms with van der Waals surface area (Å²) in [6, 6.07) is 16.6. The smallest absolute Gasteiger partial charge is 0.412 e. The van der Waals surface area contributed by atoms with E-state index in [4.69, 9.17) is 4.74 Å². The van der Waals surface area contributed by atoms with Gasteiger partial charge in [0.1, 0.15) is 11.7 Å². The Balaban J connectivity index is 1.40. The molecular formula is C30H37N5O2. The molecule has 7 nitrogen and oxygen atoms in total. The van der Waals surface area contributed by atoms with Crippen LogP contribution in [0.3, 0.4) is 0 Å². The van der Waals surface area contributed by atoms with E-state index >= 15 is 0 Å². The van der Waals surface area contributed by atoms with Gasteiger partial charge in [-0.25, -0.2) is 4.79 Å². The number of carbonyl (C=O) groups excluding carboxylic acids is 1. The van der Waals surface area contributed by atoms with E-state index < -0.39 is 11.7 Å². The van der Waals surface area contributed by atoms with Crippen molar-refractivity contribution >= 4 is 28.4 Å². The molecule has 0 atom stereocenters. The Bertz CT molecular complexity index is 1320. The normalized spacial score (nSPS) is 16.6. The zero-order chi connectivity index (χ0) is 26.2. The summed E-state index contributed by atoms with van der Waals surface area (Å²) in [6.45, 7) is 13.9. The van der Waals surface area contributed by atoms with Crippen molar-refractivity contribution in [3.8, 4) is 17.3 Å². The fourth-order valence-corrected chi connectivity index (χ4v) is 5.26. The van der Waals surface area contributed by atoms with Gasteiger partial charge >= 0.3 is 6.09 Å². The number of benzene rings is 2. The monoisotopic (exact) mass is 499 g/mol. The first-order valence-corrected chi connectivity index (χ1v) is 13.4. The second-order valence-electron chi connectivity index (χ2n) is 11.2. The van der Waals surface area contributed by atoms with Crippen LogP contribution >= 0.6 is 0 Å². The molecule has 1 aromatic heterocycles. The van der Waals surface area contributed by atoms with Gasteiger partial charge in [-0.3, -0.25) is 10.2 Å². The van der Waals surface area contributed by atoms with Gasteiger partial charge in [0, 0.05) is 56.0 Å². The highest BCUT2D eigenvalue weighted by molar-refractivity contribution is 5.96. The van der Waals surface area contributed by atoms with Crippen LogP contribution in [0.1, 0.15) is 46.1 Å². The number of anilines is 2. The van der Waals surface area contributed by atoms with Gasteiger partial charge in [0.25, 0.3) is 0 Å². The number of rotatable bonds is 6. The summed E-state index contributed by atoms with van der Waals surface area (Å²) in [4.78, 5) is 17.2. The van der Waals surface area contributed by atoms with E-state index in [1.54, 1.807) is 0 Å². The molecular weight excluding hydrogens is 462 g/mol. The van der Waals surface area contributed by atoms with Gasteiger partial charge in [0.15, 0.2) is 0 Å². The molecule has 2 aliphatic rings. The number of nitrogens with zero attached hydrogens (tertiary/aromatic N) is 4. The summed E-state index contributed by atoms with van der Waals surface area (Å²) in [5, 5.41) is 13.9. The second kappa shape index (κ2) is 10.1. The van der Waals surface area contributed by atoms with E-state index in [9.17, 15) is 10.1 Å². The number of hydrogen-bond acceptors (Lipinski definition) is 5. The number of piperazine rings is 1. The lowest BCUT2D eigenvalue weighted by Gasteiger charge is -2.36. The topological polar surface area (TPSA) is 73.5 Å². The maximum atomic E-state index is 12.1. The quantitative estimate of drug-likeness (QED) is 0.445. The van der Waals surface area contributed by atoms with Crippen molar-refractivity contribution in [1.82, 2.24) is 9.47 Å². The third-order valence-electron chi connectivity index (χ3n) is 7.23. The molecule has 0 unspecified atom stereocenters. The fraction of sp³-hybridized carbons (Fsp3) is 0.467. The zero-order valence-corrected chi connectivity index (χ0v) is 22.4. The minimum atomic E-state index is -0.559. The summed E-state index contributed by atoms with van der Waals surface area (Å²) in [5.74, 6) is 0.931. The number of carbonyl (C=O) groups is 1. The van der Waals surface area contributed by atoms with Crippen molar-refractivity contribution in [2.75, 3.05) is 42.9 Å².